The van der Waals surface area contributed by atoms with Crippen LogP contribution in [0.25, 0.3) is 10.1 Å². The summed E-state index contributed by atoms with van der Waals surface area (Å²) in [7, 11) is 0. The van der Waals surface area contributed by atoms with Crippen molar-refractivity contribution in [2.45, 2.75) is 0 Å². The number of anilines is 1. The molecule has 72 valence electrons. The second-order valence-electron chi connectivity index (χ2n) is 2.79. The molecule has 5 heteroatoms. The van der Waals surface area contributed by atoms with Gasteiger partial charge in [0.05, 0.1) is 5.69 Å². The molecular formula is C9H6INO2S. The van der Waals surface area contributed by atoms with Gasteiger partial charge in [0, 0.05) is 13.7 Å². The van der Waals surface area contributed by atoms with Gasteiger partial charge in [-0.3, -0.25) is 0 Å². The van der Waals surface area contributed by atoms with Crippen LogP contribution in [0, 0.1) is 3.57 Å². The zero-order chi connectivity index (χ0) is 10.3. The third kappa shape index (κ3) is 1.46. The number of hydrogen-bond acceptors (Lipinski definition) is 3. The van der Waals surface area contributed by atoms with Crippen LogP contribution in [0.5, 0.6) is 0 Å². The van der Waals surface area contributed by atoms with Gasteiger partial charge in [0.1, 0.15) is 4.88 Å². The van der Waals surface area contributed by atoms with Crippen molar-refractivity contribution in [2.24, 2.45) is 0 Å². The van der Waals surface area contributed by atoms with E-state index < -0.39 is 5.97 Å². The van der Waals surface area contributed by atoms with Crippen LogP contribution >= 0.6 is 33.9 Å². The maximum Gasteiger partial charge on any atom is 0.348 e. The molecule has 1 heterocycles. The Morgan fingerprint density at radius 3 is 2.86 bits per heavy atom. The summed E-state index contributed by atoms with van der Waals surface area (Å²) in [5.74, 6) is -0.960. The van der Waals surface area contributed by atoms with Gasteiger partial charge in [0.15, 0.2) is 0 Å². The van der Waals surface area contributed by atoms with Gasteiger partial charge in [-0.1, -0.05) is 6.07 Å². The number of carbonyl (C=O) groups is 1. The number of rotatable bonds is 1. The third-order valence-electron chi connectivity index (χ3n) is 1.88. The molecule has 14 heavy (non-hydrogen) atoms. The van der Waals surface area contributed by atoms with Crippen LogP contribution < -0.4 is 5.73 Å². The number of aromatic carboxylic acids is 1. The molecular weight excluding hydrogens is 313 g/mol. The van der Waals surface area contributed by atoms with Crippen molar-refractivity contribution in [2.75, 3.05) is 5.73 Å². The highest BCUT2D eigenvalue weighted by molar-refractivity contribution is 14.1. The van der Waals surface area contributed by atoms with Crippen molar-refractivity contribution in [3.05, 3.63) is 26.6 Å². The molecule has 3 nitrogen and oxygen atoms in total. The molecule has 0 aliphatic carbocycles. The van der Waals surface area contributed by atoms with Crippen LogP contribution in [-0.2, 0) is 0 Å². The monoisotopic (exact) mass is 319 g/mol. The summed E-state index contributed by atoms with van der Waals surface area (Å²) in [5, 5.41) is 9.69. The molecule has 0 amide bonds. The second kappa shape index (κ2) is 3.39. The molecule has 2 rings (SSSR count). The van der Waals surface area contributed by atoms with Crippen molar-refractivity contribution in [1.82, 2.24) is 0 Å². The van der Waals surface area contributed by atoms with Crippen molar-refractivity contribution < 1.29 is 9.90 Å². The molecule has 0 atom stereocenters. The number of nitrogens with two attached hydrogens (primary N) is 1. The predicted octanol–water partition coefficient (Wildman–Crippen LogP) is 2.79. The maximum atomic E-state index is 10.8. The van der Waals surface area contributed by atoms with E-state index in [0.717, 1.165) is 13.7 Å². The Bertz CT molecular complexity index is 521. The molecule has 3 N–H and O–H groups in total. The van der Waals surface area contributed by atoms with Gasteiger partial charge >= 0.3 is 5.97 Å². The quantitative estimate of drug-likeness (QED) is 0.795. The van der Waals surface area contributed by atoms with Gasteiger partial charge in [-0.25, -0.2) is 4.79 Å². The van der Waals surface area contributed by atoms with Crippen molar-refractivity contribution in [1.29, 1.82) is 0 Å². The molecule has 0 unspecified atom stereocenters. The van der Waals surface area contributed by atoms with Crippen LogP contribution in [-0.4, -0.2) is 11.1 Å². The topological polar surface area (TPSA) is 63.3 Å². The first-order valence-electron chi connectivity index (χ1n) is 3.80. The Balaban J connectivity index is 2.79. The van der Waals surface area contributed by atoms with Crippen LogP contribution in [0.4, 0.5) is 5.69 Å². The highest BCUT2D eigenvalue weighted by atomic mass is 127. The van der Waals surface area contributed by atoms with Crippen molar-refractivity contribution >= 4 is 55.7 Å². The van der Waals surface area contributed by atoms with E-state index in [1.54, 1.807) is 0 Å². The molecule has 2 aromatic rings. The number of carboxylic acid groups (broad SMARTS) is 1. The number of benzene rings is 1. The summed E-state index contributed by atoms with van der Waals surface area (Å²) in [5.41, 5.74) is 6.09. The predicted molar refractivity (Wildman–Crippen MR) is 65.9 cm³/mol. The van der Waals surface area contributed by atoms with Gasteiger partial charge in [-0.05, 0) is 34.7 Å². The van der Waals surface area contributed by atoms with Gasteiger partial charge in [-0.15, -0.1) is 11.3 Å². The normalized spacial score (nSPS) is 10.6. The molecule has 1 aromatic heterocycles. The van der Waals surface area contributed by atoms with E-state index in [0.29, 0.717) is 5.69 Å². The first-order valence-corrected chi connectivity index (χ1v) is 5.70. The van der Waals surface area contributed by atoms with Crippen molar-refractivity contribution in [3.63, 3.8) is 0 Å². The van der Waals surface area contributed by atoms with E-state index in [1.165, 1.54) is 11.3 Å². The average Bonchev–Trinajstić information content (AvgIpc) is 2.43. The summed E-state index contributed by atoms with van der Waals surface area (Å²) in [4.78, 5) is 11.0. The lowest BCUT2D eigenvalue weighted by Crippen LogP contribution is -1.96. The smallest absolute Gasteiger partial charge is 0.348 e. The Morgan fingerprint density at radius 1 is 1.50 bits per heavy atom. The zero-order valence-electron chi connectivity index (χ0n) is 6.95. The van der Waals surface area contributed by atoms with Gasteiger partial charge in [-0.2, -0.15) is 0 Å². The molecule has 0 saturated carbocycles. The minimum atomic E-state index is -0.960. The number of thiophene rings is 1. The van der Waals surface area contributed by atoms with E-state index in [4.69, 9.17) is 10.8 Å². The minimum absolute atomic E-state index is 0.224. The van der Waals surface area contributed by atoms with E-state index >= 15 is 0 Å². The molecule has 0 saturated heterocycles. The van der Waals surface area contributed by atoms with Gasteiger partial charge in [0.2, 0.25) is 0 Å². The second-order valence-corrected chi connectivity index (χ2v) is 5.09. The fraction of sp³-hybridized carbons (Fsp3) is 0. The average molecular weight is 319 g/mol. The number of nitrogen functional groups attached to an aromatic ring is 1. The summed E-state index contributed by atoms with van der Waals surface area (Å²) < 4.78 is 2.00. The molecule has 0 aliphatic rings. The zero-order valence-corrected chi connectivity index (χ0v) is 9.93. The Hall–Kier alpha value is -0.820. The summed E-state index contributed by atoms with van der Waals surface area (Å²) in [6.07, 6.45) is 0. The van der Waals surface area contributed by atoms with E-state index in [1.807, 2.05) is 18.2 Å². The highest BCUT2D eigenvalue weighted by Crippen LogP contribution is 2.34. The van der Waals surface area contributed by atoms with Crippen LogP contribution in [0.15, 0.2) is 18.2 Å². The number of hydrogen-bond donors (Lipinski definition) is 2. The van der Waals surface area contributed by atoms with Gasteiger partial charge in [0.25, 0.3) is 0 Å². The summed E-state index contributed by atoms with van der Waals surface area (Å²) in [6.45, 7) is 0. The van der Waals surface area contributed by atoms with E-state index in [2.05, 4.69) is 22.6 Å². The lowest BCUT2D eigenvalue weighted by Gasteiger charge is -1.92. The van der Waals surface area contributed by atoms with Crippen LogP contribution in [0.1, 0.15) is 9.67 Å². The number of fused-ring (bicyclic) bond motifs is 1. The highest BCUT2D eigenvalue weighted by Gasteiger charge is 2.14. The minimum Gasteiger partial charge on any atom is -0.477 e. The molecule has 0 fully saturated rings. The standard InChI is InChI=1S/C9H6INO2S/c10-4-1-2-5-6(3-4)14-8(7(5)11)9(12)13/h1-3H,11H2,(H,12,13). The molecule has 0 aliphatic heterocycles. The molecule has 0 bridgehead atoms. The Morgan fingerprint density at radius 2 is 2.21 bits per heavy atom. The van der Waals surface area contributed by atoms with E-state index in [-0.39, 0.29) is 4.88 Å². The Kier molecular flexibility index (Phi) is 2.36. The molecule has 0 radical (unpaired) electrons. The molecule has 0 spiro atoms. The van der Waals surface area contributed by atoms with Crippen molar-refractivity contribution in [3.8, 4) is 0 Å². The SMILES string of the molecule is Nc1c(C(=O)O)sc2cc(I)ccc12. The Labute approximate surface area is 97.7 Å². The maximum absolute atomic E-state index is 10.8. The fourth-order valence-corrected chi connectivity index (χ4v) is 2.95. The van der Waals surface area contributed by atoms with Gasteiger partial charge < -0.3 is 10.8 Å². The first kappa shape index (κ1) is 9.72. The summed E-state index contributed by atoms with van der Waals surface area (Å²) >= 11 is 3.40. The van der Waals surface area contributed by atoms with Crippen LogP contribution in [0.3, 0.4) is 0 Å². The largest absolute Gasteiger partial charge is 0.477 e. The van der Waals surface area contributed by atoms with Crippen LogP contribution in [0.2, 0.25) is 0 Å². The number of carboxylic acids is 1. The fourth-order valence-electron chi connectivity index (χ4n) is 1.25. The van der Waals surface area contributed by atoms with E-state index in [9.17, 15) is 4.79 Å². The lowest BCUT2D eigenvalue weighted by atomic mass is 10.2. The first-order chi connectivity index (χ1) is 6.59. The lowest BCUT2D eigenvalue weighted by molar-refractivity contribution is 0.0703. The third-order valence-corrected chi connectivity index (χ3v) is 3.71. The summed E-state index contributed by atoms with van der Waals surface area (Å²) in [6, 6.07) is 5.70. The molecule has 1 aromatic carbocycles. The number of halogens is 1.